The molecule has 3 saturated carbocycles. The van der Waals surface area contributed by atoms with Gasteiger partial charge in [-0.1, -0.05) is 38.1 Å². The molecule has 0 amide bonds. The topological polar surface area (TPSA) is 20.2 Å². The van der Waals surface area contributed by atoms with Gasteiger partial charge in [-0.25, -0.2) is 0 Å². The first-order valence-electron chi connectivity index (χ1n) is 6.31. The van der Waals surface area contributed by atoms with Gasteiger partial charge in [0.25, 0.3) is 0 Å². The summed E-state index contributed by atoms with van der Waals surface area (Å²) in [6, 6.07) is 9.07. The first kappa shape index (κ1) is 10.3. The molecule has 86 valence electrons. The highest BCUT2D eigenvalue weighted by Crippen LogP contribution is 2.73. The molecule has 0 saturated heterocycles. The first-order chi connectivity index (χ1) is 7.59. The fraction of sp³-hybridized carbons (Fsp3) is 0.600. The number of aliphatic hydroxyl groups is 1. The van der Waals surface area contributed by atoms with Crippen LogP contribution in [0.25, 0.3) is 0 Å². The van der Waals surface area contributed by atoms with Crippen molar-refractivity contribution < 1.29 is 5.11 Å². The molecule has 0 heterocycles. The molecular weight excluding hydrogens is 196 g/mol. The summed E-state index contributed by atoms with van der Waals surface area (Å²) in [5.41, 5.74) is 3.70. The number of hydrogen-bond acceptors (Lipinski definition) is 1. The molecule has 0 unspecified atom stereocenters. The Balaban J connectivity index is 1.85. The van der Waals surface area contributed by atoms with E-state index in [0.29, 0.717) is 23.4 Å². The maximum atomic E-state index is 9.29. The smallest absolute Gasteiger partial charge is 0.0488 e. The molecule has 0 aromatic heterocycles. The fourth-order valence-electron chi connectivity index (χ4n) is 3.70. The van der Waals surface area contributed by atoms with Crippen LogP contribution in [0.15, 0.2) is 24.3 Å². The lowest BCUT2D eigenvalue weighted by atomic mass is 9.34. The molecule has 1 N–H and O–H groups in total. The molecular formula is C15H20O. The second kappa shape index (κ2) is 3.10. The largest absolute Gasteiger partial charge is 0.396 e. The lowest BCUT2D eigenvalue weighted by molar-refractivity contribution is -0.167. The van der Waals surface area contributed by atoms with E-state index in [2.05, 4.69) is 38.1 Å². The highest BCUT2D eigenvalue weighted by atomic mass is 16.3. The summed E-state index contributed by atoms with van der Waals surface area (Å²) in [7, 11) is 0. The monoisotopic (exact) mass is 216 g/mol. The van der Waals surface area contributed by atoms with Gasteiger partial charge in [0, 0.05) is 6.61 Å². The van der Waals surface area contributed by atoms with E-state index in [1.54, 1.807) is 0 Å². The van der Waals surface area contributed by atoms with E-state index >= 15 is 0 Å². The second-order valence-electron chi connectivity index (χ2n) is 6.25. The Kier molecular flexibility index (Phi) is 2.00. The SMILES string of the molecule is CC(C)c1cccc(C23CC(CO)(C2)C3)c1. The van der Waals surface area contributed by atoms with Crippen LogP contribution in [0, 0.1) is 5.41 Å². The number of hydrogen-bond donors (Lipinski definition) is 1. The maximum absolute atomic E-state index is 9.29. The molecule has 0 atom stereocenters. The lowest BCUT2D eigenvalue weighted by Crippen LogP contribution is -2.66. The molecule has 1 heteroatoms. The van der Waals surface area contributed by atoms with Crippen molar-refractivity contribution in [3.8, 4) is 0 Å². The standard InChI is InChI=1S/C15H20O/c1-11(2)12-4-3-5-13(6-12)15-7-14(8-15,9-15)10-16/h3-6,11,16H,7-10H2,1-2H3. The van der Waals surface area contributed by atoms with E-state index in [4.69, 9.17) is 0 Å². The maximum Gasteiger partial charge on any atom is 0.0488 e. The molecule has 0 aliphatic heterocycles. The number of benzene rings is 1. The molecule has 4 rings (SSSR count). The predicted molar refractivity (Wildman–Crippen MR) is 65.6 cm³/mol. The van der Waals surface area contributed by atoms with Gasteiger partial charge in [0.2, 0.25) is 0 Å². The van der Waals surface area contributed by atoms with Crippen molar-refractivity contribution in [2.24, 2.45) is 5.41 Å². The van der Waals surface area contributed by atoms with E-state index in [0.717, 1.165) is 0 Å². The van der Waals surface area contributed by atoms with Gasteiger partial charge in [0.1, 0.15) is 0 Å². The average molecular weight is 216 g/mol. The van der Waals surface area contributed by atoms with Crippen LogP contribution in [0.1, 0.15) is 50.2 Å². The summed E-state index contributed by atoms with van der Waals surface area (Å²) in [4.78, 5) is 0. The lowest BCUT2D eigenvalue weighted by Gasteiger charge is -2.70. The van der Waals surface area contributed by atoms with Gasteiger partial charge in [0.05, 0.1) is 0 Å². The zero-order valence-corrected chi connectivity index (χ0v) is 10.2. The van der Waals surface area contributed by atoms with Gasteiger partial charge >= 0.3 is 0 Å². The highest BCUT2D eigenvalue weighted by molar-refractivity contribution is 5.41. The second-order valence-corrected chi connectivity index (χ2v) is 6.25. The van der Waals surface area contributed by atoms with Crippen LogP contribution in [0.2, 0.25) is 0 Å². The van der Waals surface area contributed by atoms with Crippen LogP contribution < -0.4 is 0 Å². The van der Waals surface area contributed by atoms with Crippen LogP contribution in [0.3, 0.4) is 0 Å². The van der Waals surface area contributed by atoms with Crippen molar-refractivity contribution >= 4 is 0 Å². The molecule has 3 aliphatic carbocycles. The predicted octanol–water partition coefficient (Wildman–Crippen LogP) is 3.22. The summed E-state index contributed by atoms with van der Waals surface area (Å²) >= 11 is 0. The van der Waals surface area contributed by atoms with Gasteiger partial charge in [0.15, 0.2) is 0 Å². The van der Waals surface area contributed by atoms with Crippen LogP contribution >= 0.6 is 0 Å². The molecule has 0 spiro atoms. The Hall–Kier alpha value is -0.820. The molecule has 2 bridgehead atoms. The number of aliphatic hydroxyl groups excluding tert-OH is 1. The fourth-order valence-corrected chi connectivity index (χ4v) is 3.70. The Morgan fingerprint density at radius 3 is 2.50 bits per heavy atom. The highest BCUT2D eigenvalue weighted by Gasteiger charge is 2.67. The summed E-state index contributed by atoms with van der Waals surface area (Å²) in [5, 5.41) is 9.29. The Labute approximate surface area is 97.5 Å². The molecule has 3 fully saturated rings. The van der Waals surface area contributed by atoms with Crippen molar-refractivity contribution in [1.29, 1.82) is 0 Å². The van der Waals surface area contributed by atoms with Gasteiger partial charge in [-0.3, -0.25) is 0 Å². The summed E-state index contributed by atoms with van der Waals surface area (Å²) in [5.74, 6) is 0.610. The third-order valence-electron chi connectivity index (χ3n) is 4.64. The third-order valence-corrected chi connectivity index (χ3v) is 4.64. The number of rotatable bonds is 3. The quantitative estimate of drug-likeness (QED) is 0.822. The summed E-state index contributed by atoms with van der Waals surface area (Å²) in [6.07, 6.45) is 3.62. The van der Waals surface area contributed by atoms with Crippen molar-refractivity contribution in [2.75, 3.05) is 6.61 Å². The van der Waals surface area contributed by atoms with E-state index in [1.807, 2.05) is 0 Å². The molecule has 1 aromatic carbocycles. The minimum absolute atomic E-state index is 0.313. The summed E-state index contributed by atoms with van der Waals surface area (Å²) in [6.45, 7) is 4.88. The van der Waals surface area contributed by atoms with Crippen LogP contribution in [-0.2, 0) is 5.41 Å². The van der Waals surface area contributed by atoms with E-state index < -0.39 is 0 Å². The van der Waals surface area contributed by atoms with E-state index in [-0.39, 0.29) is 0 Å². The van der Waals surface area contributed by atoms with Gasteiger partial charge in [-0.05, 0) is 47.1 Å². The zero-order chi connectivity index (χ0) is 11.4. The summed E-state index contributed by atoms with van der Waals surface area (Å²) < 4.78 is 0. The minimum Gasteiger partial charge on any atom is -0.396 e. The van der Waals surface area contributed by atoms with Crippen molar-refractivity contribution in [1.82, 2.24) is 0 Å². The molecule has 3 aliphatic rings. The Bertz CT molecular complexity index is 399. The molecule has 1 nitrogen and oxygen atoms in total. The van der Waals surface area contributed by atoms with Gasteiger partial charge in [-0.15, -0.1) is 0 Å². The van der Waals surface area contributed by atoms with Crippen molar-refractivity contribution in [3.63, 3.8) is 0 Å². The third kappa shape index (κ3) is 1.21. The van der Waals surface area contributed by atoms with Crippen LogP contribution in [0.4, 0.5) is 0 Å². The zero-order valence-electron chi connectivity index (χ0n) is 10.2. The van der Waals surface area contributed by atoms with E-state index in [1.165, 1.54) is 30.4 Å². The minimum atomic E-state index is 0.313. The van der Waals surface area contributed by atoms with Gasteiger partial charge in [-0.2, -0.15) is 0 Å². The Morgan fingerprint density at radius 2 is 1.94 bits per heavy atom. The molecule has 1 aromatic rings. The Morgan fingerprint density at radius 1 is 1.25 bits per heavy atom. The van der Waals surface area contributed by atoms with E-state index in [9.17, 15) is 5.11 Å². The van der Waals surface area contributed by atoms with Gasteiger partial charge < -0.3 is 5.11 Å². The van der Waals surface area contributed by atoms with Crippen LogP contribution in [-0.4, -0.2) is 11.7 Å². The van der Waals surface area contributed by atoms with Crippen molar-refractivity contribution in [3.05, 3.63) is 35.4 Å². The molecule has 0 radical (unpaired) electrons. The average Bonchev–Trinajstić information content (AvgIpc) is 2.15. The van der Waals surface area contributed by atoms with Crippen molar-refractivity contribution in [2.45, 2.75) is 44.4 Å². The molecule has 16 heavy (non-hydrogen) atoms. The normalized spacial score (nSPS) is 35.8. The first-order valence-corrected chi connectivity index (χ1v) is 6.31. The van der Waals surface area contributed by atoms with Crippen LogP contribution in [0.5, 0.6) is 0 Å².